The third-order valence-corrected chi connectivity index (χ3v) is 4.72. The highest BCUT2D eigenvalue weighted by Crippen LogP contribution is 2.21. The maximum absolute atomic E-state index is 12.5. The number of aryl methyl sites for hydroxylation is 1. The highest BCUT2D eigenvalue weighted by atomic mass is 16.5. The lowest BCUT2D eigenvalue weighted by molar-refractivity contribution is 0.0474. The van der Waals surface area contributed by atoms with E-state index in [9.17, 15) is 14.7 Å². The number of nitrogens with zero attached hydrogens (tertiary/aromatic N) is 1. The van der Waals surface area contributed by atoms with Crippen LogP contribution in [0.25, 0.3) is 0 Å². The number of esters is 1. The van der Waals surface area contributed by atoms with Crippen molar-refractivity contribution in [2.24, 2.45) is 0 Å². The van der Waals surface area contributed by atoms with Crippen LogP contribution in [0, 0.1) is 13.8 Å². The van der Waals surface area contributed by atoms with Crippen molar-refractivity contribution in [3.05, 3.63) is 52.8 Å². The molecule has 0 saturated carbocycles. The molecule has 2 aromatic rings. The number of rotatable bonds is 6. The first kappa shape index (κ1) is 18.2. The molecule has 0 aliphatic carbocycles. The second kappa shape index (κ2) is 7.74. The van der Waals surface area contributed by atoms with Gasteiger partial charge in [-0.3, -0.25) is 4.79 Å². The Balaban J connectivity index is 1.64. The molecule has 1 saturated heterocycles. The van der Waals surface area contributed by atoms with Gasteiger partial charge in [-0.15, -0.1) is 0 Å². The fraction of sp³-hybridized carbons (Fsp3) is 0.400. The molecular formula is C20H23NO5. The van der Waals surface area contributed by atoms with E-state index >= 15 is 0 Å². The van der Waals surface area contributed by atoms with Crippen molar-refractivity contribution in [1.29, 1.82) is 0 Å². The molecule has 0 unspecified atom stereocenters. The van der Waals surface area contributed by atoms with Crippen LogP contribution in [-0.4, -0.2) is 40.7 Å². The van der Waals surface area contributed by atoms with E-state index < -0.39 is 5.97 Å². The molecule has 3 rings (SSSR count). The van der Waals surface area contributed by atoms with Crippen LogP contribution >= 0.6 is 0 Å². The number of Topliss-reactive ketones (excluding diaryl/α,β-unsaturated/α-hetero) is 1. The smallest absolute Gasteiger partial charge is 0.338 e. The molecule has 1 aliphatic rings. The highest BCUT2D eigenvalue weighted by Gasteiger charge is 2.21. The van der Waals surface area contributed by atoms with Crippen LogP contribution in [0.4, 0.5) is 0 Å². The van der Waals surface area contributed by atoms with E-state index in [1.807, 2.05) is 19.9 Å². The van der Waals surface area contributed by atoms with Gasteiger partial charge < -0.3 is 19.1 Å². The number of hydrogen-bond acceptors (Lipinski definition) is 5. The van der Waals surface area contributed by atoms with Gasteiger partial charge in [0.1, 0.15) is 5.75 Å². The summed E-state index contributed by atoms with van der Waals surface area (Å²) in [4.78, 5) is 24.5. The Labute approximate surface area is 152 Å². The van der Waals surface area contributed by atoms with Crippen LogP contribution in [0.15, 0.2) is 30.3 Å². The monoisotopic (exact) mass is 357 g/mol. The quantitative estimate of drug-likeness (QED) is 0.635. The third-order valence-electron chi connectivity index (χ3n) is 4.72. The molecule has 1 aromatic heterocycles. The number of ketones is 1. The molecular weight excluding hydrogens is 334 g/mol. The largest absolute Gasteiger partial charge is 0.508 e. The van der Waals surface area contributed by atoms with E-state index in [0.29, 0.717) is 11.1 Å². The van der Waals surface area contributed by atoms with Crippen molar-refractivity contribution in [3.8, 4) is 5.75 Å². The second-order valence-corrected chi connectivity index (χ2v) is 6.58. The van der Waals surface area contributed by atoms with Gasteiger partial charge in [0.2, 0.25) is 5.78 Å². The Bertz CT molecular complexity index is 800. The Morgan fingerprint density at radius 3 is 2.65 bits per heavy atom. The van der Waals surface area contributed by atoms with E-state index in [0.717, 1.165) is 37.4 Å². The summed E-state index contributed by atoms with van der Waals surface area (Å²) < 4.78 is 12.9. The van der Waals surface area contributed by atoms with Gasteiger partial charge >= 0.3 is 5.97 Å². The lowest BCUT2D eigenvalue weighted by Gasteiger charge is -2.14. The summed E-state index contributed by atoms with van der Waals surface area (Å²) in [6, 6.07) is 7.54. The summed E-state index contributed by atoms with van der Waals surface area (Å²) in [6.45, 7) is 5.07. The number of carbonyl (C=O) groups is 2. The molecule has 6 heteroatoms. The lowest BCUT2D eigenvalue weighted by Crippen LogP contribution is -2.18. The Morgan fingerprint density at radius 1 is 1.27 bits per heavy atom. The van der Waals surface area contributed by atoms with Gasteiger partial charge in [0, 0.05) is 30.1 Å². The SMILES string of the molecule is Cc1cc(C(=O)COC(=O)c2ccc(O)cc2)c(C)n1C[C@H]1CCCO1. The number of phenolic OH excluding ortho intramolecular Hbond substituents is 1. The van der Waals surface area contributed by atoms with Crippen molar-refractivity contribution >= 4 is 11.8 Å². The van der Waals surface area contributed by atoms with E-state index in [2.05, 4.69) is 4.57 Å². The van der Waals surface area contributed by atoms with Crippen molar-refractivity contribution in [1.82, 2.24) is 4.57 Å². The molecule has 0 amide bonds. The molecule has 0 radical (unpaired) electrons. The number of phenols is 1. The first-order valence-corrected chi connectivity index (χ1v) is 8.73. The van der Waals surface area contributed by atoms with Gasteiger partial charge in [-0.05, 0) is 57.0 Å². The minimum Gasteiger partial charge on any atom is -0.508 e. The number of benzene rings is 1. The van der Waals surface area contributed by atoms with Crippen molar-refractivity contribution < 1.29 is 24.2 Å². The minimum absolute atomic E-state index is 0.0660. The van der Waals surface area contributed by atoms with Crippen LogP contribution in [0.2, 0.25) is 0 Å². The molecule has 1 aromatic carbocycles. The first-order valence-electron chi connectivity index (χ1n) is 8.73. The fourth-order valence-electron chi connectivity index (χ4n) is 3.25. The van der Waals surface area contributed by atoms with Gasteiger partial charge in [0.25, 0.3) is 0 Å². The minimum atomic E-state index is -0.591. The predicted molar refractivity (Wildman–Crippen MR) is 95.6 cm³/mol. The first-order chi connectivity index (χ1) is 12.5. The summed E-state index contributed by atoms with van der Waals surface area (Å²) in [6.07, 6.45) is 2.29. The van der Waals surface area contributed by atoms with Crippen LogP contribution < -0.4 is 0 Å². The molecule has 26 heavy (non-hydrogen) atoms. The molecule has 1 fully saturated rings. The maximum Gasteiger partial charge on any atom is 0.338 e. The number of carbonyl (C=O) groups excluding carboxylic acids is 2. The van der Waals surface area contributed by atoms with Crippen LogP contribution in [-0.2, 0) is 16.0 Å². The van der Waals surface area contributed by atoms with Crippen molar-refractivity contribution in [3.63, 3.8) is 0 Å². The molecule has 1 aliphatic heterocycles. The summed E-state index contributed by atoms with van der Waals surface area (Å²) in [5, 5.41) is 9.25. The Kier molecular flexibility index (Phi) is 5.42. The van der Waals surface area contributed by atoms with E-state index in [-0.39, 0.29) is 24.2 Å². The number of aromatic nitrogens is 1. The zero-order valence-corrected chi connectivity index (χ0v) is 15.0. The van der Waals surface area contributed by atoms with E-state index in [1.54, 1.807) is 0 Å². The van der Waals surface area contributed by atoms with Gasteiger partial charge in [-0.25, -0.2) is 4.79 Å². The number of aromatic hydroxyl groups is 1. The van der Waals surface area contributed by atoms with Gasteiger partial charge in [-0.2, -0.15) is 0 Å². The molecule has 0 bridgehead atoms. The van der Waals surface area contributed by atoms with Crippen LogP contribution in [0.3, 0.4) is 0 Å². The summed E-state index contributed by atoms with van der Waals surface area (Å²) >= 11 is 0. The zero-order valence-electron chi connectivity index (χ0n) is 15.0. The molecule has 0 spiro atoms. The van der Waals surface area contributed by atoms with Crippen molar-refractivity contribution in [2.45, 2.75) is 39.3 Å². The Morgan fingerprint density at radius 2 is 2.00 bits per heavy atom. The molecule has 138 valence electrons. The third kappa shape index (κ3) is 3.96. The van der Waals surface area contributed by atoms with Gasteiger partial charge in [-0.1, -0.05) is 0 Å². The van der Waals surface area contributed by atoms with Crippen LogP contribution in [0.5, 0.6) is 5.75 Å². The molecule has 1 atom stereocenters. The maximum atomic E-state index is 12.5. The lowest BCUT2D eigenvalue weighted by atomic mass is 10.1. The molecule has 6 nitrogen and oxygen atoms in total. The highest BCUT2D eigenvalue weighted by molar-refractivity contribution is 6.00. The second-order valence-electron chi connectivity index (χ2n) is 6.58. The Hall–Kier alpha value is -2.60. The fourth-order valence-corrected chi connectivity index (χ4v) is 3.25. The van der Waals surface area contributed by atoms with E-state index in [1.165, 1.54) is 24.3 Å². The van der Waals surface area contributed by atoms with Crippen LogP contribution in [0.1, 0.15) is 44.9 Å². The van der Waals surface area contributed by atoms with Crippen molar-refractivity contribution in [2.75, 3.05) is 13.2 Å². The topological polar surface area (TPSA) is 77.8 Å². The summed E-state index contributed by atoms with van der Waals surface area (Å²) in [7, 11) is 0. The van der Waals surface area contributed by atoms with Gasteiger partial charge in [0.05, 0.1) is 11.7 Å². The standard InChI is InChI=1S/C20H23NO5/c1-13-10-18(14(2)21(13)11-17-4-3-9-25-17)19(23)12-26-20(24)15-5-7-16(22)8-6-15/h5-8,10,17,22H,3-4,9,11-12H2,1-2H3/t17-/m1/s1. The average Bonchev–Trinajstić information content (AvgIpc) is 3.24. The summed E-state index contributed by atoms with van der Waals surface area (Å²) in [5.41, 5.74) is 2.72. The van der Waals surface area contributed by atoms with Gasteiger partial charge in [0.15, 0.2) is 6.61 Å². The normalized spacial score (nSPS) is 16.6. The zero-order chi connectivity index (χ0) is 18.7. The number of ether oxygens (including phenoxy) is 2. The average molecular weight is 357 g/mol. The molecule has 2 heterocycles. The summed E-state index contributed by atoms with van der Waals surface area (Å²) in [5.74, 6) is -0.758. The molecule has 1 N–H and O–H groups in total. The van der Waals surface area contributed by atoms with E-state index in [4.69, 9.17) is 9.47 Å². The predicted octanol–water partition coefficient (Wildman–Crippen LogP) is 3.03. The number of hydrogen-bond donors (Lipinski definition) is 1.